The molecule has 0 saturated carbocycles. The van der Waals surface area contributed by atoms with E-state index in [0.717, 1.165) is 17.1 Å². The van der Waals surface area contributed by atoms with Crippen molar-refractivity contribution in [3.05, 3.63) is 87.1 Å². The first kappa shape index (κ1) is 27.9. The van der Waals surface area contributed by atoms with Crippen molar-refractivity contribution in [1.29, 1.82) is 0 Å². The molecular weight excluding hydrogens is 564 g/mol. The quantitative estimate of drug-likeness (QED) is 0.234. The van der Waals surface area contributed by atoms with E-state index in [0.29, 0.717) is 35.1 Å². The Balaban J connectivity index is 1.33. The number of carboxylic acid groups (broad SMARTS) is 1. The average Bonchev–Trinajstić information content (AvgIpc) is 3.64. The lowest BCUT2D eigenvalue weighted by atomic mass is 9.87. The second-order valence-corrected chi connectivity index (χ2v) is 12.2. The van der Waals surface area contributed by atoms with E-state index in [-0.39, 0.29) is 52.7 Å². The van der Waals surface area contributed by atoms with Crippen molar-refractivity contribution in [2.45, 2.75) is 39.8 Å². The number of ether oxygens (including phenoxy) is 2. The normalized spacial score (nSPS) is 16.3. The van der Waals surface area contributed by atoms with E-state index in [2.05, 4.69) is 29.0 Å². The predicted molar refractivity (Wildman–Crippen MR) is 152 cm³/mol. The number of benzene rings is 2. The molecule has 0 spiro atoms. The number of fused-ring (bicyclic) bond motifs is 1. The molecule has 0 unspecified atom stereocenters. The van der Waals surface area contributed by atoms with Crippen LogP contribution in [0.4, 0.5) is 8.78 Å². The fourth-order valence-corrected chi connectivity index (χ4v) is 5.82. The molecule has 1 N–H and O–H groups in total. The zero-order chi connectivity index (χ0) is 29.6. The highest BCUT2D eigenvalue weighted by Crippen LogP contribution is 2.40. The molecule has 9 nitrogen and oxygen atoms in total. The van der Waals surface area contributed by atoms with Gasteiger partial charge in [0.15, 0.2) is 5.01 Å². The van der Waals surface area contributed by atoms with Gasteiger partial charge in [-0.25, -0.2) is 23.5 Å². The molecule has 1 aliphatic heterocycles. The second kappa shape index (κ2) is 10.8. The molecule has 1 aliphatic rings. The summed E-state index contributed by atoms with van der Waals surface area (Å²) in [6, 6.07) is 11.7. The van der Waals surface area contributed by atoms with E-state index in [1.807, 2.05) is 11.5 Å². The minimum atomic E-state index is -1.06. The Morgan fingerprint density at radius 1 is 1.14 bits per heavy atom. The molecule has 216 valence electrons. The van der Waals surface area contributed by atoms with Crippen molar-refractivity contribution < 1.29 is 28.2 Å². The van der Waals surface area contributed by atoms with E-state index in [4.69, 9.17) is 14.5 Å². The Hall–Kier alpha value is -4.29. The van der Waals surface area contributed by atoms with E-state index in [9.17, 15) is 9.90 Å². The molecule has 0 radical (unpaired) electrons. The fourth-order valence-electron chi connectivity index (χ4n) is 5.19. The summed E-state index contributed by atoms with van der Waals surface area (Å²) in [5.41, 5.74) is 1.34. The Labute approximate surface area is 243 Å². The third kappa shape index (κ3) is 5.35. The van der Waals surface area contributed by atoms with Crippen LogP contribution in [0.5, 0.6) is 5.88 Å². The molecule has 0 aliphatic carbocycles. The molecule has 2 aromatic carbocycles. The fraction of sp³-hybridized carbons (Fsp3) is 0.300. The molecule has 1 fully saturated rings. The number of hydrogen-bond acceptors (Lipinski definition) is 8. The van der Waals surface area contributed by atoms with Gasteiger partial charge in [-0.15, -0.1) is 10.2 Å². The van der Waals surface area contributed by atoms with Crippen LogP contribution in [0, 0.1) is 24.0 Å². The first-order chi connectivity index (χ1) is 20.1. The van der Waals surface area contributed by atoms with Crippen LogP contribution in [0.15, 0.2) is 48.5 Å². The number of halogens is 2. The molecular formula is C30H27F2N5O4S. The Kier molecular flexibility index (Phi) is 7.19. The molecule has 12 heteroatoms. The molecule has 5 aromatic rings. The number of pyridine rings is 1. The summed E-state index contributed by atoms with van der Waals surface area (Å²) < 4.78 is 44.5. The van der Waals surface area contributed by atoms with Crippen LogP contribution in [-0.2, 0) is 17.8 Å². The van der Waals surface area contributed by atoms with Gasteiger partial charge in [-0.1, -0.05) is 31.3 Å². The Morgan fingerprint density at radius 2 is 1.98 bits per heavy atom. The van der Waals surface area contributed by atoms with E-state index in [1.54, 1.807) is 30.3 Å². The number of rotatable bonds is 8. The van der Waals surface area contributed by atoms with Crippen molar-refractivity contribution >= 4 is 28.3 Å². The van der Waals surface area contributed by atoms with Gasteiger partial charge in [0.05, 0.1) is 41.5 Å². The number of carbonyl (C=O) groups is 1. The average molecular weight is 592 g/mol. The number of aryl methyl sites for hydroxylation is 1. The highest BCUT2D eigenvalue weighted by molar-refractivity contribution is 7.11. The number of aromatic carboxylic acids is 1. The van der Waals surface area contributed by atoms with Crippen LogP contribution in [0.25, 0.3) is 22.3 Å². The maximum Gasteiger partial charge on any atom is 0.335 e. The molecule has 0 amide bonds. The number of carboxylic acids is 1. The maximum absolute atomic E-state index is 15.6. The van der Waals surface area contributed by atoms with Crippen LogP contribution in [0.1, 0.15) is 51.7 Å². The second-order valence-electron chi connectivity index (χ2n) is 10.9. The Morgan fingerprint density at radius 3 is 2.69 bits per heavy atom. The number of nitrogens with zero attached hydrogens (tertiary/aromatic N) is 5. The summed E-state index contributed by atoms with van der Waals surface area (Å²) in [6.07, 6.45) is -0.00938. The minimum Gasteiger partial charge on any atom is -0.478 e. The minimum absolute atomic E-state index is 0.00149. The van der Waals surface area contributed by atoms with Crippen LogP contribution in [-0.4, -0.2) is 49.0 Å². The summed E-state index contributed by atoms with van der Waals surface area (Å²) in [4.78, 5) is 20.8. The van der Waals surface area contributed by atoms with Gasteiger partial charge < -0.3 is 19.1 Å². The molecule has 3 aromatic heterocycles. The maximum atomic E-state index is 15.6. The van der Waals surface area contributed by atoms with Gasteiger partial charge in [-0.2, -0.15) is 0 Å². The molecule has 1 atom stereocenters. The van der Waals surface area contributed by atoms with Crippen LogP contribution >= 0.6 is 11.3 Å². The van der Waals surface area contributed by atoms with Gasteiger partial charge >= 0.3 is 5.97 Å². The standard InChI is InChI=1S/C30H27F2N5O4S/c1-16-35-36-28(42-16)14-41-27-6-4-5-22(34-27)19-12-20(31)18(9-21(19)32)11-26-33-23-8-7-17(29(38)39)10-24(23)37(26)25-13-40-15-30(25,2)3/h4-10,12,25H,11,13-15H2,1-3H3,(H,38,39)/t25-/m1/s1. The lowest BCUT2D eigenvalue weighted by Crippen LogP contribution is -2.27. The number of aromatic nitrogens is 5. The molecule has 1 saturated heterocycles. The van der Waals surface area contributed by atoms with Crippen LogP contribution in [0.2, 0.25) is 0 Å². The first-order valence-electron chi connectivity index (χ1n) is 13.3. The van der Waals surface area contributed by atoms with Gasteiger partial charge in [0, 0.05) is 23.5 Å². The molecule has 0 bridgehead atoms. The highest BCUT2D eigenvalue weighted by Gasteiger charge is 2.39. The van der Waals surface area contributed by atoms with Gasteiger partial charge in [0.25, 0.3) is 0 Å². The predicted octanol–water partition coefficient (Wildman–Crippen LogP) is 6.00. The van der Waals surface area contributed by atoms with Crippen molar-refractivity contribution in [2.24, 2.45) is 5.41 Å². The third-order valence-electron chi connectivity index (χ3n) is 7.37. The van der Waals surface area contributed by atoms with Crippen molar-refractivity contribution in [2.75, 3.05) is 13.2 Å². The van der Waals surface area contributed by atoms with E-state index < -0.39 is 17.6 Å². The first-order valence-corrected chi connectivity index (χ1v) is 14.1. The molecule has 6 rings (SSSR count). The topological polar surface area (TPSA) is 112 Å². The van der Waals surface area contributed by atoms with Gasteiger partial charge in [0.1, 0.15) is 29.1 Å². The van der Waals surface area contributed by atoms with Crippen molar-refractivity contribution in [1.82, 2.24) is 24.7 Å². The number of imidazole rings is 1. The zero-order valence-electron chi connectivity index (χ0n) is 23.1. The highest BCUT2D eigenvalue weighted by atomic mass is 32.1. The number of hydrogen-bond donors (Lipinski definition) is 1. The Bertz CT molecular complexity index is 1820. The van der Waals surface area contributed by atoms with Crippen molar-refractivity contribution in [3.8, 4) is 17.1 Å². The van der Waals surface area contributed by atoms with Gasteiger partial charge in [-0.05, 0) is 48.9 Å². The van der Waals surface area contributed by atoms with Crippen molar-refractivity contribution in [3.63, 3.8) is 0 Å². The third-order valence-corrected chi connectivity index (χ3v) is 8.18. The summed E-state index contributed by atoms with van der Waals surface area (Å²) in [5.74, 6) is -1.58. The molecule has 42 heavy (non-hydrogen) atoms. The van der Waals surface area contributed by atoms with Gasteiger partial charge in [-0.3, -0.25) is 0 Å². The van der Waals surface area contributed by atoms with E-state index in [1.165, 1.54) is 17.4 Å². The largest absolute Gasteiger partial charge is 0.478 e. The lowest BCUT2D eigenvalue weighted by molar-refractivity contribution is 0.0697. The monoisotopic (exact) mass is 591 g/mol. The SMILES string of the molecule is Cc1nnc(COc2cccc(-c3cc(F)c(Cc4nc5ccc(C(=O)O)cc5n4[C@@H]4COCC4(C)C)cc3F)n2)s1. The summed E-state index contributed by atoms with van der Waals surface area (Å²) in [6.45, 7) is 7.00. The summed E-state index contributed by atoms with van der Waals surface area (Å²) in [5, 5.41) is 19.0. The van der Waals surface area contributed by atoms with E-state index >= 15 is 8.78 Å². The van der Waals surface area contributed by atoms with Gasteiger partial charge in [0.2, 0.25) is 5.88 Å². The summed E-state index contributed by atoms with van der Waals surface area (Å²) in [7, 11) is 0. The van der Waals surface area contributed by atoms with Crippen LogP contribution < -0.4 is 4.74 Å². The smallest absolute Gasteiger partial charge is 0.335 e. The lowest BCUT2D eigenvalue weighted by Gasteiger charge is -2.28. The molecule has 4 heterocycles. The zero-order valence-corrected chi connectivity index (χ0v) is 23.9. The summed E-state index contributed by atoms with van der Waals surface area (Å²) >= 11 is 1.40. The van der Waals surface area contributed by atoms with Crippen LogP contribution in [0.3, 0.4) is 0 Å².